The number of ether oxygens (including phenoxy) is 1. The van der Waals surface area contributed by atoms with E-state index in [2.05, 4.69) is 20.6 Å². The van der Waals surface area contributed by atoms with Gasteiger partial charge in [0.25, 0.3) is 0 Å². The van der Waals surface area contributed by atoms with Crippen molar-refractivity contribution in [2.24, 2.45) is 7.05 Å². The Morgan fingerprint density at radius 1 is 1.39 bits per heavy atom. The molecule has 0 saturated carbocycles. The van der Waals surface area contributed by atoms with E-state index in [1.165, 1.54) is 0 Å². The second-order valence-electron chi connectivity index (χ2n) is 5.83. The number of nitrogens with one attached hydrogen (secondary N) is 2. The molecule has 2 N–H and O–H groups in total. The summed E-state index contributed by atoms with van der Waals surface area (Å²) < 4.78 is 7.75. The first-order valence-electron chi connectivity index (χ1n) is 7.70. The van der Waals surface area contributed by atoms with Crippen molar-refractivity contribution in [1.82, 2.24) is 19.9 Å². The van der Waals surface area contributed by atoms with E-state index in [4.69, 9.17) is 4.74 Å². The SMILES string of the molecule is Cc1ccc(NC(=O)N[C@@H]2CCO[C@@H](c3cncn3C)C2)nc1. The molecule has 0 unspecified atom stereocenters. The number of urea groups is 1. The Morgan fingerprint density at radius 2 is 2.26 bits per heavy atom. The maximum atomic E-state index is 12.1. The van der Waals surface area contributed by atoms with Gasteiger partial charge in [-0.2, -0.15) is 0 Å². The third-order valence-corrected chi connectivity index (χ3v) is 3.96. The number of pyridine rings is 1. The Balaban J connectivity index is 1.56. The highest BCUT2D eigenvalue weighted by Crippen LogP contribution is 2.27. The predicted octanol–water partition coefficient (Wildman–Crippen LogP) is 2.17. The van der Waals surface area contributed by atoms with Gasteiger partial charge < -0.3 is 14.6 Å². The van der Waals surface area contributed by atoms with E-state index in [1.807, 2.05) is 30.8 Å². The van der Waals surface area contributed by atoms with Crippen molar-refractivity contribution in [3.05, 3.63) is 42.1 Å². The lowest BCUT2D eigenvalue weighted by atomic mass is 10.0. The Kier molecular flexibility index (Phi) is 4.57. The molecule has 1 aliphatic rings. The Morgan fingerprint density at radius 3 is 2.96 bits per heavy atom. The second kappa shape index (κ2) is 6.78. The van der Waals surface area contributed by atoms with Crippen LogP contribution in [0.25, 0.3) is 0 Å². The molecule has 23 heavy (non-hydrogen) atoms. The predicted molar refractivity (Wildman–Crippen MR) is 86.1 cm³/mol. The van der Waals surface area contributed by atoms with E-state index in [1.54, 1.807) is 18.6 Å². The second-order valence-corrected chi connectivity index (χ2v) is 5.83. The standard InChI is InChI=1S/C16H21N5O2/c1-11-3-4-15(18-8-11)20-16(22)19-12-5-6-23-14(7-12)13-9-17-10-21(13)2/h3-4,8-10,12,14H,5-7H2,1-2H3,(H2,18,19,20,22)/t12-,14-/m1/s1. The molecule has 2 aromatic heterocycles. The number of hydrogen-bond acceptors (Lipinski definition) is 4. The lowest BCUT2D eigenvalue weighted by Crippen LogP contribution is -2.42. The van der Waals surface area contributed by atoms with E-state index < -0.39 is 0 Å². The van der Waals surface area contributed by atoms with Crippen molar-refractivity contribution >= 4 is 11.8 Å². The summed E-state index contributed by atoms with van der Waals surface area (Å²) in [6.07, 6.45) is 6.77. The van der Waals surface area contributed by atoms with Gasteiger partial charge in [-0.3, -0.25) is 5.32 Å². The van der Waals surface area contributed by atoms with Crippen LogP contribution in [-0.4, -0.2) is 33.2 Å². The van der Waals surface area contributed by atoms with E-state index in [0.29, 0.717) is 12.4 Å². The normalized spacial score (nSPS) is 21.0. The largest absolute Gasteiger partial charge is 0.372 e. The molecule has 122 valence electrons. The van der Waals surface area contributed by atoms with E-state index in [-0.39, 0.29) is 18.2 Å². The average molecular weight is 315 g/mol. The molecule has 3 rings (SSSR count). The van der Waals surface area contributed by atoms with Crippen molar-refractivity contribution in [2.45, 2.75) is 31.9 Å². The molecular formula is C16H21N5O2. The molecule has 1 fully saturated rings. The molecule has 0 radical (unpaired) electrons. The molecule has 1 aliphatic heterocycles. The van der Waals surface area contributed by atoms with Gasteiger partial charge in [-0.15, -0.1) is 0 Å². The summed E-state index contributed by atoms with van der Waals surface area (Å²) in [5, 5.41) is 5.75. The van der Waals surface area contributed by atoms with E-state index >= 15 is 0 Å². The lowest BCUT2D eigenvalue weighted by Gasteiger charge is -2.30. The first-order chi connectivity index (χ1) is 11.1. The van der Waals surface area contributed by atoms with Gasteiger partial charge in [-0.1, -0.05) is 6.07 Å². The van der Waals surface area contributed by atoms with Crippen LogP contribution >= 0.6 is 0 Å². The van der Waals surface area contributed by atoms with Gasteiger partial charge >= 0.3 is 6.03 Å². The minimum absolute atomic E-state index is 0.0425. The summed E-state index contributed by atoms with van der Waals surface area (Å²) in [6, 6.07) is 3.53. The minimum Gasteiger partial charge on any atom is -0.372 e. The van der Waals surface area contributed by atoms with Gasteiger partial charge in [-0.05, 0) is 31.4 Å². The van der Waals surface area contributed by atoms with Crippen molar-refractivity contribution in [3.63, 3.8) is 0 Å². The highest BCUT2D eigenvalue weighted by Gasteiger charge is 2.26. The third-order valence-electron chi connectivity index (χ3n) is 3.96. The lowest BCUT2D eigenvalue weighted by molar-refractivity contribution is -0.00151. The average Bonchev–Trinajstić information content (AvgIpc) is 2.96. The van der Waals surface area contributed by atoms with Gasteiger partial charge in [0.05, 0.1) is 18.2 Å². The molecule has 7 heteroatoms. The summed E-state index contributed by atoms with van der Waals surface area (Å²) in [5.41, 5.74) is 2.08. The number of aryl methyl sites for hydroxylation is 2. The number of hydrogen-bond donors (Lipinski definition) is 2. The quantitative estimate of drug-likeness (QED) is 0.909. The van der Waals surface area contributed by atoms with Crippen molar-refractivity contribution in [3.8, 4) is 0 Å². The Hall–Kier alpha value is -2.41. The smallest absolute Gasteiger partial charge is 0.320 e. The zero-order valence-electron chi connectivity index (χ0n) is 13.3. The summed E-state index contributed by atoms with van der Waals surface area (Å²) >= 11 is 0. The first-order valence-corrected chi connectivity index (χ1v) is 7.70. The molecule has 3 heterocycles. The highest BCUT2D eigenvalue weighted by atomic mass is 16.5. The first kappa shape index (κ1) is 15.5. The van der Waals surface area contributed by atoms with Crippen LogP contribution in [0.3, 0.4) is 0 Å². The summed E-state index contributed by atoms with van der Waals surface area (Å²) in [6.45, 7) is 2.57. The van der Waals surface area contributed by atoms with Crippen LogP contribution in [0, 0.1) is 6.92 Å². The summed E-state index contributed by atoms with van der Waals surface area (Å²) in [4.78, 5) is 20.4. The summed E-state index contributed by atoms with van der Waals surface area (Å²) in [5.74, 6) is 0.545. The van der Waals surface area contributed by atoms with Crippen LogP contribution < -0.4 is 10.6 Å². The fraction of sp³-hybridized carbons (Fsp3) is 0.438. The van der Waals surface area contributed by atoms with Crippen molar-refractivity contribution in [2.75, 3.05) is 11.9 Å². The Labute approximate surface area is 135 Å². The molecule has 2 aromatic rings. The molecule has 2 atom stereocenters. The van der Waals surface area contributed by atoms with Gasteiger partial charge in [0.2, 0.25) is 0 Å². The van der Waals surface area contributed by atoms with Gasteiger partial charge in [0.1, 0.15) is 11.9 Å². The molecule has 1 saturated heterocycles. The van der Waals surface area contributed by atoms with Gasteiger partial charge in [-0.25, -0.2) is 14.8 Å². The molecule has 2 amide bonds. The van der Waals surface area contributed by atoms with E-state index in [9.17, 15) is 4.79 Å². The number of aromatic nitrogens is 3. The summed E-state index contributed by atoms with van der Waals surface area (Å²) in [7, 11) is 1.94. The van der Waals surface area contributed by atoms with Crippen LogP contribution in [0.5, 0.6) is 0 Å². The maximum absolute atomic E-state index is 12.1. The molecule has 0 bridgehead atoms. The van der Waals surface area contributed by atoms with Gasteiger partial charge in [0.15, 0.2) is 0 Å². The zero-order chi connectivity index (χ0) is 16.2. The number of rotatable bonds is 3. The number of carbonyl (C=O) groups is 1. The van der Waals surface area contributed by atoms with Crippen LogP contribution in [0.15, 0.2) is 30.9 Å². The maximum Gasteiger partial charge on any atom is 0.320 e. The third kappa shape index (κ3) is 3.87. The number of anilines is 1. The number of imidazole rings is 1. The monoisotopic (exact) mass is 315 g/mol. The fourth-order valence-corrected chi connectivity index (χ4v) is 2.69. The van der Waals surface area contributed by atoms with E-state index in [0.717, 1.165) is 24.1 Å². The number of nitrogens with zero attached hydrogens (tertiary/aromatic N) is 3. The number of amides is 2. The number of carbonyl (C=O) groups excluding carboxylic acids is 1. The topological polar surface area (TPSA) is 81.1 Å². The van der Waals surface area contributed by atoms with Crippen LogP contribution in [0.4, 0.5) is 10.6 Å². The Bertz CT molecular complexity index is 667. The fourth-order valence-electron chi connectivity index (χ4n) is 2.69. The molecule has 0 spiro atoms. The van der Waals surface area contributed by atoms with Crippen molar-refractivity contribution < 1.29 is 9.53 Å². The molecule has 0 aromatic carbocycles. The molecular weight excluding hydrogens is 294 g/mol. The molecule has 7 nitrogen and oxygen atoms in total. The minimum atomic E-state index is -0.239. The van der Waals surface area contributed by atoms with Crippen LogP contribution in [0.2, 0.25) is 0 Å². The molecule has 0 aliphatic carbocycles. The van der Waals surface area contributed by atoms with Crippen LogP contribution in [0.1, 0.15) is 30.2 Å². The highest BCUT2D eigenvalue weighted by molar-refractivity contribution is 5.88. The van der Waals surface area contributed by atoms with Crippen LogP contribution in [-0.2, 0) is 11.8 Å². The van der Waals surface area contributed by atoms with Crippen molar-refractivity contribution in [1.29, 1.82) is 0 Å². The van der Waals surface area contributed by atoms with Gasteiger partial charge in [0, 0.05) is 25.9 Å². The zero-order valence-corrected chi connectivity index (χ0v) is 13.3.